The highest BCUT2D eigenvalue weighted by atomic mass is 16.6. The summed E-state index contributed by atoms with van der Waals surface area (Å²) < 4.78 is 15.1. The zero-order valence-corrected chi connectivity index (χ0v) is 15.6. The van der Waals surface area contributed by atoms with Crippen LogP contribution < -0.4 is 10.1 Å². The summed E-state index contributed by atoms with van der Waals surface area (Å²) in [6.07, 6.45) is -0.449. The fourth-order valence-electron chi connectivity index (χ4n) is 2.49. The van der Waals surface area contributed by atoms with Crippen LogP contribution in [0.1, 0.15) is 26.3 Å². The van der Waals surface area contributed by atoms with Gasteiger partial charge in [-0.1, -0.05) is 0 Å². The monoisotopic (exact) mass is 382 g/mol. The molecule has 0 unspecified atom stereocenters. The molecule has 1 N–H and O–H groups in total. The van der Waals surface area contributed by atoms with Crippen LogP contribution in [0.5, 0.6) is 5.75 Å². The maximum Gasteiger partial charge on any atom is 0.344 e. The first-order chi connectivity index (χ1) is 12.7. The summed E-state index contributed by atoms with van der Waals surface area (Å²) in [5.74, 6) is -2.55. The fraction of sp³-hybridized carbons (Fsp3) is 0.471. The van der Waals surface area contributed by atoms with Gasteiger partial charge in [0, 0.05) is 31.0 Å². The second-order valence-corrected chi connectivity index (χ2v) is 5.46. The molecule has 0 bridgehead atoms. The second kappa shape index (κ2) is 9.51. The molecular weight excluding hydrogens is 360 g/mol. The SMILES string of the molecule is CCOC(=O)C(Cc1cc([N+](=O)[O-])ccc1OC)(NC(C)=O)C(=O)OCC. The maximum absolute atomic E-state index is 12.6. The van der Waals surface area contributed by atoms with E-state index >= 15 is 0 Å². The molecule has 10 nitrogen and oxygen atoms in total. The fourth-order valence-corrected chi connectivity index (χ4v) is 2.49. The highest BCUT2D eigenvalue weighted by Crippen LogP contribution is 2.29. The minimum Gasteiger partial charge on any atom is -0.496 e. The van der Waals surface area contributed by atoms with Gasteiger partial charge in [-0.3, -0.25) is 14.9 Å². The Bertz CT molecular complexity index is 714. The third-order valence-electron chi connectivity index (χ3n) is 3.57. The molecule has 0 heterocycles. The normalized spacial score (nSPS) is 10.7. The van der Waals surface area contributed by atoms with Crippen molar-refractivity contribution >= 4 is 23.5 Å². The average Bonchev–Trinajstić information content (AvgIpc) is 2.60. The van der Waals surface area contributed by atoms with Crippen LogP contribution in [-0.2, 0) is 30.3 Å². The van der Waals surface area contributed by atoms with Gasteiger partial charge in [-0.05, 0) is 19.9 Å². The van der Waals surface area contributed by atoms with Crippen molar-refractivity contribution in [3.8, 4) is 5.75 Å². The second-order valence-electron chi connectivity index (χ2n) is 5.46. The van der Waals surface area contributed by atoms with Crippen LogP contribution >= 0.6 is 0 Å². The number of benzene rings is 1. The number of ether oxygens (including phenoxy) is 3. The third kappa shape index (κ3) is 5.16. The van der Waals surface area contributed by atoms with E-state index in [4.69, 9.17) is 14.2 Å². The van der Waals surface area contributed by atoms with Gasteiger partial charge in [0.15, 0.2) is 0 Å². The summed E-state index contributed by atoms with van der Waals surface area (Å²) in [5, 5.41) is 13.4. The molecule has 0 fully saturated rings. The van der Waals surface area contributed by atoms with Crippen LogP contribution in [0.15, 0.2) is 18.2 Å². The first-order valence-electron chi connectivity index (χ1n) is 8.16. The number of hydrogen-bond acceptors (Lipinski definition) is 8. The number of carbonyl (C=O) groups is 3. The van der Waals surface area contributed by atoms with Crippen LogP contribution in [-0.4, -0.2) is 48.6 Å². The predicted molar refractivity (Wildman–Crippen MR) is 93.2 cm³/mol. The van der Waals surface area contributed by atoms with Gasteiger partial charge in [-0.25, -0.2) is 9.59 Å². The Morgan fingerprint density at radius 1 is 1.15 bits per heavy atom. The molecule has 1 aromatic carbocycles. The lowest BCUT2D eigenvalue weighted by molar-refractivity contribution is -0.384. The van der Waals surface area contributed by atoms with E-state index in [1.807, 2.05) is 0 Å². The minimum absolute atomic E-state index is 0.0500. The van der Waals surface area contributed by atoms with Gasteiger partial charge in [-0.2, -0.15) is 0 Å². The van der Waals surface area contributed by atoms with Crippen molar-refractivity contribution in [2.45, 2.75) is 32.7 Å². The molecule has 148 valence electrons. The van der Waals surface area contributed by atoms with E-state index in [2.05, 4.69) is 5.32 Å². The molecule has 0 aliphatic carbocycles. The summed E-state index contributed by atoms with van der Waals surface area (Å²) in [7, 11) is 1.33. The van der Waals surface area contributed by atoms with Crippen LogP contribution in [0.3, 0.4) is 0 Å². The summed E-state index contributed by atoms with van der Waals surface area (Å²) >= 11 is 0. The van der Waals surface area contributed by atoms with E-state index in [-0.39, 0.29) is 30.2 Å². The zero-order chi connectivity index (χ0) is 20.6. The van der Waals surface area contributed by atoms with E-state index < -0.39 is 34.7 Å². The Labute approximate surface area is 155 Å². The van der Waals surface area contributed by atoms with Crippen molar-refractivity contribution in [1.29, 1.82) is 0 Å². The summed E-state index contributed by atoms with van der Waals surface area (Å²) in [6, 6.07) is 3.72. The highest BCUT2D eigenvalue weighted by molar-refractivity contribution is 6.08. The van der Waals surface area contributed by atoms with Crippen LogP contribution in [0.2, 0.25) is 0 Å². The number of nitro benzene ring substituents is 1. The first kappa shape index (κ1) is 21.9. The highest BCUT2D eigenvalue weighted by Gasteiger charge is 2.50. The first-order valence-corrected chi connectivity index (χ1v) is 8.16. The third-order valence-corrected chi connectivity index (χ3v) is 3.57. The molecular formula is C17H22N2O8. The van der Waals surface area contributed by atoms with Gasteiger partial charge in [0.1, 0.15) is 5.75 Å². The molecule has 0 aliphatic heterocycles. The molecule has 1 aromatic rings. The molecule has 0 aromatic heterocycles. The van der Waals surface area contributed by atoms with Gasteiger partial charge in [0.05, 0.1) is 25.2 Å². The molecule has 0 spiro atoms. The average molecular weight is 382 g/mol. The molecule has 1 rings (SSSR count). The molecule has 0 saturated carbocycles. The quantitative estimate of drug-likeness (QED) is 0.291. The topological polar surface area (TPSA) is 134 Å². The number of non-ortho nitro benzene ring substituents is 1. The lowest BCUT2D eigenvalue weighted by atomic mass is 9.89. The Hall–Kier alpha value is -3.17. The zero-order valence-electron chi connectivity index (χ0n) is 15.6. The minimum atomic E-state index is -2.21. The molecule has 0 saturated heterocycles. The van der Waals surface area contributed by atoms with Crippen molar-refractivity contribution in [1.82, 2.24) is 5.32 Å². The number of nitrogens with one attached hydrogen (secondary N) is 1. The number of nitrogens with zero attached hydrogens (tertiary/aromatic N) is 1. The molecule has 10 heteroatoms. The number of nitro groups is 1. The molecule has 0 atom stereocenters. The number of hydrogen-bond donors (Lipinski definition) is 1. The standard InChI is InChI=1S/C17H22N2O8/c1-5-26-15(21)17(18-11(3)20,16(22)27-6-2)10-12-9-13(19(23)24)7-8-14(12)25-4/h7-9H,5-6,10H2,1-4H3,(H,18,20). The largest absolute Gasteiger partial charge is 0.496 e. The van der Waals surface area contributed by atoms with Gasteiger partial charge >= 0.3 is 11.9 Å². The van der Waals surface area contributed by atoms with E-state index in [1.165, 1.54) is 33.1 Å². The van der Waals surface area contributed by atoms with E-state index in [0.29, 0.717) is 0 Å². The molecule has 1 amide bonds. The summed E-state index contributed by atoms with van der Waals surface area (Å²) in [4.78, 5) is 47.4. The van der Waals surface area contributed by atoms with Crippen molar-refractivity contribution in [3.05, 3.63) is 33.9 Å². The number of carbonyl (C=O) groups excluding carboxylic acids is 3. The van der Waals surface area contributed by atoms with Gasteiger partial charge in [0.25, 0.3) is 5.69 Å². The smallest absolute Gasteiger partial charge is 0.344 e. The Morgan fingerprint density at radius 2 is 1.70 bits per heavy atom. The predicted octanol–water partition coefficient (Wildman–Crippen LogP) is 1.15. The van der Waals surface area contributed by atoms with Crippen molar-refractivity contribution in [2.75, 3.05) is 20.3 Å². The lowest BCUT2D eigenvalue weighted by Crippen LogP contribution is -2.62. The maximum atomic E-state index is 12.6. The Balaban J connectivity index is 3.56. The van der Waals surface area contributed by atoms with Gasteiger partial charge in [0.2, 0.25) is 11.4 Å². The van der Waals surface area contributed by atoms with Gasteiger partial charge < -0.3 is 19.5 Å². The lowest BCUT2D eigenvalue weighted by Gasteiger charge is -2.30. The summed E-state index contributed by atoms with van der Waals surface area (Å²) in [6.45, 7) is 4.10. The van der Waals surface area contributed by atoms with E-state index in [0.717, 1.165) is 13.0 Å². The van der Waals surface area contributed by atoms with Crippen LogP contribution in [0, 0.1) is 10.1 Å². The van der Waals surface area contributed by atoms with Crippen molar-refractivity contribution < 1.29 is 33.5 Å². The van der Waals surface area contributed by atoms with Crippen molar-refractivity contribution in [3.63, 3.8) is 0 Å². The molecule has 27 heavy (non-hydrogen) atoms. The van der Waals surface area contributed by atoms with Crippen molar-refractivity contribution in [2.24, 2.45) is 0 Å². The molecule has 0 aliphatic rings. The van der Waals surface area contributed by atoms with Gasteiger partial charge in [-0.15, -0.1) is 0 Å². The van der Waals surface area contributed by atoms with Crippen LogP contribution in [0.4, 0.5) is 5.69 Å². The number of rotatable bonds is 9. The number of amides is 1. The summed E-state index contributed by atoms with van der Waals surface area (Å²) in [5.41, 5.74) is -2.32. The van der Waals surface area contributed by atoms with Crippen LogP contribution in [0.25, 0.3) is 0 Å². The number of esters is 2. The van der Waals surface area contributed by atoms with E-state index in [9.17, 15) is 24.5 Å². The molecule has 0 radical (unpaired) electrons. The Kier molecular flexibility index (Phi) is 7.70. The van der Waals surface area contributed by atoms with E-state index in [1.54, 1.807) is 0 Å². The Morgan fingerprint density at radius 3 is 2.11 bits per heavy atom. The number of methoxy groups -OCH3 is 1.